The lowest BCUT2D eigenvalue weighted by atomic mass is 9.90. The highest BCUT2D eigenvalue weighted by Crippen LogP contribution is 2.55. The van der Waals surface area contributed by atoms with Crippen LogP contribution in [0.4, 0.5) is 0 Å². The van der Waals surface area contributed by atoms with Crippen LogP contribution in [0, 0.1) is 12.8 Å². The molecule has 2 aliphatic carbocycles. The molecule has 6 rings (SSSR count). The second-order valence-electron chi connectivity index (χ2n) is 10.9. The van der Waals surface area contributed by atoms with Gasteiger partial charge in [0.05, 0.1) is 36.5 Å². The number of hydrogen-bond donors (Lipinski definition) is 0. The Hall–Kier alpha value is -3.94. The van der Waals surface area contributed by atoms with Gasteiger partial charge < -0.3 is 9.47 Å². The lowest BCUT2D eigenvalue weighted by Crippen LogP contribution is -2.15. The molecule has 2 heterocycles. The van der Waals surface area contributed by atoms with Gasteiger partial charge in [0.15, 0.2) is 0 Å². The Labute approximate surface area is 228 Å². The Bertz CT molecular complexity index is 1480. The van der Waals surface area contributed by atoms with Crippen molar-refractivity contribution in [3.63, 3.8) is 0 Å². The predicted molar refractivity (Wildman–Crippen MR) is 148 cm³/mol. The molecular weight excluding hydrogens is 490 g/mol. The summed E-state index contributed by atoms with van der Waals surface area (Å²) < 4.78 is 15.0. The first kappa shape index (κ1) is 25.3. The van der Waals surface area contributed by atoms with Crippen molar-refractivity contribution in [1.82, 2.24) is 24.8 Å². The zero-order valence-electron chi connectivity index (χ0n) is 22.8. The zero-order valence-corrected chi connectivity index (χ0v) is 22.8. The average Bonchev–Trinajstić information content (AvgIpc) is 3.51. The number of methoxy groups -OCH3 is 1. The van der Waals surface area contributed by atoms with Crippen LogP contribution in [0.25, 0.3) is 16.8 Å². The molecule has 2 aromatic heterocycles. The van der Waals surface area contributed by atoms with Crippen LogP contribution in [0.1, 0.15) is 77.8 Å². The third-order valence-corrected chi connectivity index (χ3v) is 8.10. The molecule has 0 saturated heterocycles. The summed E-state index contributed by atoms with van der Waals surface area (Å²) in [6, 6.07) is 16.6. The van der Waals surface area contributed by atoms with E-state index in [1.807, 2.05) is 49.1 Å². The summed E-state index contributed by atoms with van der Waals surface area (Å²) in [5.74, 6) is 1.49. The molecule has 4 aromatic rings. The lowest BCUT2D eigenvalue weighted by molar-refractivity contribution is 0.0598. The highest BCUT2D eigenvalue weighted by molar-refractivity contribution is 5.92. The second-order valence-corrected chi connectivity index (χ2v) is 10.9. The second kappa shape index (κ2) is 10.7. The molecule has 0 aliphatic heterocycles. The standard InChI is InChI=1S/C31H35N5O3/c1-20-29(31(37)38-3)30(27-17-26(27)28-18-35(2)34-32-28)36(33-20)24-13-7-11-22(15-24)23-12-8-14-25(16-23)39-19-21-9-5-4-6-10-21/h7-8,11-16,18,21,26-27H,4-6,9-10,17,19H2,1-3H3. The van der Waals surface area contributed by atoms with Crippen LogP contribution in [0.2, 0.25) is 0 Å². The summed E-state index contributed by atoms with van der Waals surface area (Å²) in [6.07, 6.45) is 9.33. The molecule has 2 unspecified atom stereocenters. The minimum atomic E-state index is -0.363. The average molecular weight is 526 g/mol. The van der Waals surface area contributed by atoms with E-state index < -0.39 is 0 Å². The smallest absolute Gasteiger partial charge is 0.341 e. The summed E-state index contributed by atoms with van der Waals surface area (Å²) in [5, 5.41) is 13.2. The zero-order chi connectivity index (χ0) is 26.9. The highest BCUT2D eigenvalue weighted by Gasteiger charge is 2.46. The number of ether oxygens (including phenoxy) is 2. The molecule has 0 radical (unpaired) electrons. The summed E-state index contributed by atoms with van der Waals surface area (Å²) in [4.78, 5) is 12.9. The summed E-state index contributed by atoms with van der Waals surface area (Å²) in [5.41, 5.74) is 6.05. The molecule has 2 aliphatic rings. The third kappa shape index (κ3) is 5.20. The normalized spacial score (nSPS) is 19.2. The van der Waals surface area contributed by atoms with E-state index in [2.05, 4.69) is 34.6 Å². The molecule has 0 spiro atoms. The van der Waals surface area contributed by atoms with E-state index in [9.17, 15) is 4.79 Å². The SMILES string of the molecule is COC(=O)c1c(C)nn(-c2cccc(-c3cccc(OCC4CCCCC4)c3)c2)c1C1CC1c1cn(C)nn1. The van der Waals surface area contributed by atoms with Crippen molar-refractivity contribution in [2.75, 3.05) is 13.7 Å². The van der Waals surface area contributed by atoms with Crippen LogP contribution in [-0.4, -0.2) is 44.5 Å². The van der Waals surface area contributed by atoms with Gasteiger partial charge in [0, 0.05) is 25.1 Å². The monoisotopic (exact) mass is 525 g/mol. The van der Waals surface area contributed by atoms with Crippen LogP contribution in [0.3, 0.4) is 0 Å². The van der Waals surface area contributed by atoms with E-state index in [-0.39, 0.29) is 17.8 Å². The Morgan fingerprint density at radius 3 is 2.54 bits per heavy atom. The predicted octanol–water partition coefficient (Wildman–Crippen LogP) is 5.99. The Balaban J connectivity index is 1.31. The van der Waals surface area contributed by atoms with Crippen molar-refractivity contribution in [1.29, 1.82) is 0 Å². The number of carbonyl (C=O) groups is 1. The number of carbonyl (C=O) groups excluding carboxylic acids is 1. The molecule has 2 atom stereocenters. The van der Waals surface area contributed by atoms with Gasteiger partial charge in [0.1, 0.15) is 11.3 Å². The largest absolute Gasteiger partial charge is 0.493 e. The molecule has 8 nitrogen and oxygen atoms in total. The molecule has 0 bridgehead atoms. The van der Waals surface area contributed by atoms with E-state index in [0.29, 0.717) is 17.2 Å². The Morgan fingerprint density at radius 1 is 1.03 bits per heavy atom. The Kier molecular flexibility index (Phi) is 6.94. The summed E-state index contributed by atoms with van der Waals surface area (Å²) >= 11 is 0. The minimum Gasteiger partial charge on any atom is -0.493 e. The van der Waals surface area contributed by atoms with Gasteiger partial charge in [0.25, 0.3) is 0 Å². The van der Waals surface area contributed by atoms with E-state index in [4.69, 9.17) is 14.6 Å². The first-order valence-corrected chi connectivity index (χ1v) is 13.9. The first-order chi connectivity index (χ1) is 19.0. The van der Waals surface area contributed by atoms with Crippen molar-refractivity contribution < 1.29 is 14.3 Å². The fraction of sp³-hybridized carbons (Fsp3) is 0.419. The van der Waals surface area contributed by atoms with Crippen molar-refractivity contribution in [3.8, 4) is 22.6 Å². The van der Waals surface area contributed by atoms with Gasteiger partial charge in [-0.1, -0.05) is 48.7 Å². The number of hydrogen-bond acceptors (Lipinski definition) is 6. The maximum Gasteiger partial charge on any atom is 0.341 e. The highest BCUT2D eigenvalue weighted by atomic mass is 16.5. The topological polar surface area (TPSA) is 84.1 Å². The van der Waals surface area contributed by atoms with Crippen LogP contribution < -0.4 is 4.74 Å². The van der Waals surface area contributed by atoms with Crippen LogP contribution in [-0.2, 0) is 11.8 Å². The minimum absolute atomic E-state index is 0.108. The fourth-order valence-electron chi connectivity index (χ4n) is 5.95. The molecule has 39 heavy (non-hydrogen) atoms. The van der Waals surface area contributed by atoms with Gasteiger partial charge >= 0.3 is 5.97 Å². The molecular formula is C31H35N5O3. The first-order valence-electron chi connectivity index (χ1n) is 13.9. The number of esters is 1. The van der Waals surface area contributed by atoms with Crippen LogP contribution >= 0.6 is 0 Å². The number of aromatic nitrogens is 5. The van der Waals surface area contributed by atoms with Gasteiger partial charge in [-0.2, -0.15) is 5.10 Å². The summed E-state index contributed by atoms with van der Waals surface area (Å²) in [6.45, 7) is 2.65. The molecule has 8 heteroatoms. The number of nitrogens with zero attached hydrogens (tertiary/aromatic N) is 5. The van der Waals surface area contributed by atoms with E-state index in [1.165, 1.54) is 39.2 Å². The molecule has 2 aromatic carbocycles. The molecule has 0 N–H and O–H groups in total. The van der Waals surface area contributed by atoms with E-state index >= 15 is 0 Å². The van der Waals surface area contributed by atoms with Gasteiger partial charge in [-0.25, -0.2) is 9.48 Å². The van der Waals surface area contributed by atoms with E-state index in [1.54, 1.807) is 4.68 Å². The lowest BCUT2D eigenvalue weighted by Gasteiger charge is -2.21. The maximum absolute atomic E-state index is 12.9. The van der Waals surface area contributed by atoms with Crippen LogP contribution in [0.5, 0.6) is 5.75 Å². The van der Waals surface area contributed by atoms with Crippen LogP contribution in [0.15, 0.2) is 54.7 Å². The molecule has 2 saturated carbocycles. The van der Waals surface area contributed by atoms with Crippen molar-refractivity contribution >= 4 is 5.97 Å². The Morgan fingerprint density at radius 2 is 1.79 bits per heavy atom. The fourth-order valence-corrected chi connectivity index (χ4v) is 5.95. The van der Waals surface area contributed by atoms with Crippen molar-refractivity contribution in [2.45, 2.75) is 57.3 Å². The van der Waals surface area contributed by atoms with Gasteiger partial charge in [-0.05, 0) is 67.5 Å². The molecule has 0 amide bonds. The van der Waals surface area contributed by atoms with Crippen molar-refractivity contribution in [3.05, 3.63) is 77.4 Å². The summed E-state index contributed by atoms with van der Waals surface area (Å²) in [7, 11) is 3.28. The van der Waals surface area contributed by atoms with Gasteiger partial charge in [-0.15, -0.1) is 5.10 Å². The van der Waals surface area contributed by atoms with E-state index in [0.717, 1.165) is 47.0 Å². The third-order valence-electron chi connectivity index (χ3n) is 8.10. The van der Waals surface area contributed by atoms with Crippen molar-refractivity contribution in [2.24, 2.45) is 13.0 Å². The maximum atomic E-state index is 12.9. The van der Waals surface area contributed by atoms with Gasteiger partial charge in [0.2, 0.25) is 0 Å². The number of benzene rings is 2. The quantitative estimate of drug-likeness (QED) is 0.263. The molecule has 202 valence electrons. The number of rotatable bonds is 8. The number of aryl methyl sites for hydroxylation is 2. The molecule has 2 fully saturated rings. The van der Waals surface area contributed by atoms with Gasteiger partial charge in [-0.3, -0.25) is 4.68 Å².